The van der Waals surface area contributed by atoms with Crippen molar-refractivity contribution in [2.75, 3.05) is 23.8 Å². The highest BCUT2D eigenvalue weighted by molar-refractivity contribution is 5.96. The Labute approximate surface area is 165 Å². The predicted molar refractivity (Wildman–Crippen MR) is 111 cm³/mol. The quantitative estimate of drug-likeness (QED) is 0.425. The zero-order chi connectivity index (χ0) is 19.6. The lowest BCUT2D eigenvalue weighted by molar-refractivity contribution is 0.0527. The molecule has 0 spiro atoms. The standard InChI is InChI=1S/C22H24N4O2/c1-2-28-21(27)18-12-6-7-13-19(18)25-22-24-16-14-20(26-22)23-15-8-11-17-9-4-3-5-10-17/h3-7,9-10,12-14,16H,2,8,11,15H2,1H3,(H2,23,24,25,26). The van der Waals surface area contributed by atoms with Crippen molar-refractivity contribution in [3.63, 3.8) is 0 Å². The van der Waals surface area contributed by atoms with Crippen LogP contribution in [0.2, 0.25) is 0 Å². The molecule has 1 heterocycles. The maximum absolute atomic E-state index is 12.1. The van der Waals surface area contributed by atoms with E-state index in [4.69, 9.17) is 4.74 Å². The third-order valence-corrected chi connectivity index (χ3v) is 4.12. The number of benzene rings is 2. The van der Waals surface area contributed by atoms with E-state index in [-0.39, 0.29) is 5.97 Å². The van der Waals surface area contributed by atoms with Crippen molar-refractivity contribution in [1.29, 1.82) is 0 Å². The number of anilines is 3. The first-order valence-corrected chi connectivity index (χ1v) is 9.40. The van der Waals surface area contributed by atoms with Gasteiger partial charge in [0.25, 0.3) is 0 Å². The second kappa shape index (κ2) is 10.1. The summed E-state index contributed by atoms with van der Waals surface area (Å²) in [4.78, 5) is 20.8. The number of rotatable bonds is 9. The van der Waals surface area contributed by atoms with E-state index in [1.54, 1.807) is 31.3 Å². The van der Waals surface area contributed by atoms with Crippen molar-refractivity contribution in [3.8, 4) is 0 Å². The molecule has 3 rings (SSSR count). The van der Waals surface area contributed by atoms with Gasteiger partial charge in [0.2, 0.25) is 5.95 Å². The highest BCUT2D eigenvalue weighted by Crippen LogP contribution is 2.20. The largest absolute Gasteiger partial charge is 0.462 e. The van der Waals surface area contributed by atoms with Gasteiger partial charge in [-0.3, -0.25) is 0 Å². The Kier molecular flexibility index (Phi) is 6.95. The Morgan fingerprint density at radius 3 is 2.64 bits per heavy atom. The van der Waals surface area contributed by atoms with Gasteiger partial charge in [-0.15, -0.1) is 0 Å². The molecule has 28 heavy (non-hydrogen) atoms. The van der Waals surface area contributed by atoms with Gasteiger partial charge in [-0.05, 0) is 43.5 Å². The van der Waals surface area contributed by atoms with E-state index < -0.39 is 0 Å². The molecule has 0 bridgehead atoms. The minimum Gasteiger partial charge on any atom is -0.462 e. The van der Waals surface area contributed by atoms with Gasteiger partial charge in [0, 0.05) is 12.7 Å². The number of nitrogens with one attached hydrogen (secondary N) is 2. The fraction of sp³-hybridized carbons (Fsp3) is 0.227. The van der Waals surface area contributed by atoms with Crippen LogP contribution >= 0.6 is 0 Å². The minimum absolute atomic E-state index is 0.325. The molecule has 3 aromatic rings. The fourth-order valence-corrected chi connectivity index (χ4v) is 2.77. The van der Waals surface area contributed by atoms with Crippen molar-refractivity contribution >= 4 is 23.4 Å². The van der Waals surface area contributed by atoms with E-state index in [1.165, 1.54) is 5.56 Å². The minimum atomic E-state index is -0.374. The van der Waals surface area contributed by atoms with Crippen LogP contribution < -0.4 is 10.6 Å². The maximum Gasteiger partial charge on any atom is 0.340 e. The molecule has 1 aromatic heterocycles. The van der Waals surface area contributed by atoms with Gasteiger partial charge in [-0.2, -0.15) is 4.98 Å². The van der Waals surface area contributed by atoms with Gasteiger partial charge in [0.1, 0.15) is 5.82 Å². The van der Waals surface area contributed by atoms with Gasteiger partial charge in [-0.1, -0.05) is 42.5 Å². The Balaban J connectivity index is 1.59. The van der Waals surface area contributed by atoms with E-state index in [0.717, 1.165) is 25.2 Å². The van der Waals surface area contributed by atoms with Gasteiger partial charge in [-0.25, -0.2) is 9.78 Å². The molecule has 0 amide bonds. The zero-order valence-electron chi connectivity index (χ0n) is 15.9. The molecule has 2 N–H and O–H groups in total. The molecule has 6 nitrogen and oxygen atoms in total. The first kappa shape index (κ1) is 19.4. The summed E-state index contributed by atoms with van der Waals surface area (Å²) in [5.41, 5.74) is 2.39. The Morgan fingerprint density at radius 2 is 1.82 bits per heavy atom. The monoisotopic (exact) mass is 376 g/mol. The molecule has 144 valence electrons. The van der Waals surface area contributed by atoms with E-state index in [1.807, 2.05) is 18.2 Å². The number of nitrogens with zero attached hydrogens (tertiary/aromatic N) is 2. The molecule has 0 aliphatic heterocycles. The van der Waals surface area contributed by atoms with Crippen LogP contribution in [-0.4, -0.2) is 29.1 Å². The predicted octanol–water partition coefficient (Wildman–Crippen LogP) is 4.44. The molecule has 0 atom stereocenters. The summed E-state index contributed by atoms with van der Waals surface area (Å²) in [5, 5.41) is 6.42. The van der Waals surface area contributed by atoms with Gasteiger partial charge in [0.05, 0.1) is 17.9 Å². The van der Waals surface area contributed by atoms with Crippen LogP contribution in [0.15, 0.2) is 66.9 Å². The van der Waals surface area contributed by atoms with Crippen LogP contribution in [-0.2, 0) is 11.2 Å². The summed E-state index contributed by atoms with van der Waals surface area (Å²) in [5.74, 6) is 0.782. The highest BCUT2D eigenvalue weighted by Gasteiger charge is 2.12. The van der Waals surface area contributed by atoms with E-state index in [0.29, 0.717) is 23.8 Å². The number of carbonyl (C=O) groups is 1. The third kappa shape index (κ3) is 5.54. The molecular formula is C22H24N4O2. The molecular weight excluding hydrogens is 352 g/mol. The number of hydrogen-bond donors (Lipinski definition) is 2. The average molecular weight is 376 g/mol. The molecule has 0 radical (unpaired) electrons. The molecule has 0 saturated heterocycles. The van der Waals surface area contributed by atoms with Crippen molar-refractivity contribution in [2.24, 2.45) is 0 Å². The normalized spacial score (nSPS) is 10.3. The molecule has 0 unspecified atom stereocenters. The lowest BCUT2D eigenvalue weighted by Crippen LogP contribution is -2.10. The average Bonchev–Trinajstić information content (AvgIpc) is 2.73. The summed E-state index contributed by atoms with van der Waals surface area (Å²) >= 11 is 0. The number of carbonyl (C=O) groups excluding carboxylic acids is 1. The molecule has 2 aromatic carbocycles. The van der Waals surface area contributed by atoms with Crippen LogP contribution in [0.3, 0.4) is 0 Å². The number of para-hydroxylation sites is 1. The van der Waals surface area contributed by atoms with Crippen molar-refractivity contribution in [2.45, 2.75) is 19.8 Å². The Hall–Kier alpha value is -3.41. The van der Waals surface area contributed by atoms with Crippen molar-refractivity contribution in [3.05, 3.63) is 78.0 Å². The second-order valence-electron chi connectivity index (χ2n) is 6.17. The lowest BCUT2D eigenvalue weighted by Gasteiger charge is -2.11. The summed E-state index contributed by atoms with van der Waals surface area (Å²) < 4.78 is 5.10. The maximum atomic E-state index is 12.1. The molecule has 0 fully saturated rings. The SMILES string of the molecule is CCOC(=O)c1ccccc1Nc1nccc(NCCCc2ccccc2)n1. The number of ether oxygens (including phenoxy) is 1. The number of aryl methyl sites for hydroxylation is 1. The number of aromatic nitrogens is 2. The number of esters is 1. The van der Waals surface area contributed by atoms with Crippen LogP contribution in [0, 0.1) is 0 Å². The van der Waals surface area contributed by atoms with Gasteiger partial charge < -0.3 is 15.4 Å². The number of hydrogen-bond acceptors (Lipinski definition) is 6. The second-order valence-corrected chi connectivity index (χ2v) is 6.17. The Bertz CT molecular complexity index is 900. The Morgan fingerprint density at radius 1 is 1.04 bits per heavy atom. The smallest absolute Gasteiger partial charge is 0.340 e. The first-order chi connectivity index (χ1) is 13.8. The van der Waals surface area contributed by atoms with Crippen LogP contribution in [0.1, 0.15) is 29.3 Å². The fourth-order valence-electron chi connectivity index (χ4n) is 2.77. The zero-order valence-corrected chi connectivity index (χ0v) is 15.9. The van der Waals surface area contributed by atoms with Crippen LogP contribution in [0.4, 0.5) is 17.5 Å². The molecule has 6 heteroatoms. The van der Waals surface area contributed by atoms with Crippen molar-refractivity contribution in [1.82, 2.24) is 9.97 Å². The topological polar surface area (TPSA) is 76.1 Å². The molecule has 0 aliphatic carbocycles. The van der Waals surface area contributed by atoms with E-state index >= 15 is 0 Å². The van der Waals surface area contributed by atoms with E-state index in [2.05, 4.69) is 44.9 Å². The summed E-state index contributed by atoms with van der Waals surface area (Å²) in [6, 6.07) is 19.4. The molecule has 0 aliphatic rings. The summed E-state index contributed by atoms with van der Waals surface area (Å²) in [7, 11) is 0. The first-order valence-electron chi connectivity index (χ1n) is 9.40. The molecule has 0 saturated carbocycles. The van der Waals surface area contributed by atoms with Crippen LogP contribution in [0.5, 0.6) is 0 Å². The lowest BCUT2D eigenvalue weighted by atomic mass is 10.1. The summed E-state index contributed by atoms with van der Waals surface area (Å²) in [6.07, 6.45) is 3.70. The van der Waals surface area contributed by atoms with Crippen molar-refractivity contribution < 1.29 is 9.53 Å². The van der Waals surface area contributed by atoms with Gasteiger partial charge in [0.15, 0.2) is 0 Å². The summed E-state index contributed by atoms with van der Waals surface area (Å²) in [6.45, 7) is 2.92. The van der Waals surface area contributed by atoms with E-state index in [9.17, 15) is 4.79 Å². The third-order valence-electron chi connectivity index (χ3n) is 4.12. The highest BCUT2D eigenvalue weighted by atomic mass is 16.5. The van der Waals surface area contributed by atoms with Crippen LogP contribution in [0.25, 0.3) is 0 Å². The van der Waals surface area contributed by atoms with Gasteiger partial charge >= 0.3 is 5.97 Å².